The third kappa shape index (κ3) is 3.13. The molecule has 0 spiro atoms. The van der Waals surface area contributed by atoms with Crippen LogP contribution in [0, 0.1) is 0 Å². The minimum atomic E-state index is -4.78. The number of benzene rings is 1. The summed E-state index contributed by atoms with van der Waals surface area (Å²) in [6.45, 7) is 0. The third-order valence-electron chi connectivity index (χ3n) is 3.15. The Morgan fingerprint density at radius 1 is 1.20 bits per heavy atom. The van der Waals surface area contributed by atoms with Crippen LogP contribution in [0.1, 0.15) is 16.2 Å². The molecule has 0 aliphatic rings. The van der Waals surface area contributed by atoms with Crippen molar-refractivity contribution in [3.63, 3.8) is 0 Å². The van der Waals surface area contributed by atoms with Crippen LogP contribution < -0.4 is 0 Å². The second-order valence-corrected chi connectivity index (χ2v) is 5.68. The van der Waals surface area contributed by atoms with E-state index in [2.05, 4.69) is 10.1 Å². The quantitative estimate of drug-likeness (QED) is 0.653. The summed E-state index contributed by atoms with van der Waals surface area (Å²) in [6, 6.07) is 4.07. The molecule has 0 atom stereocenters. The van der Waals surface area contributed by atoms with Gasteiger partial charge in [0.15, 0.2) is 11.4 Å². The van der Waals surface area contributed by atoms with Gasteiger partial charge in [-0.3, -0.25) is 0 Å². The maximum Gasteiger partial charge on any atom is 0.433 e. The van der Waals surface area contributed by atoms with E-state index in [1.807, 2.05) is 0 Å². The third-order valence-corrected chi connectivity index (χ3v) is 3.97. The number of aromatic nitrogens is 3. The predicted octanol–water partition coefficient (Wildman–Crippen LogP) is 3.12. The Labute approximate surface area is 141 Å². The number of phenolic OH excluding ortho intramolecular Hbond substituents is 2. The van der Waals surface area contributed by atoms with Gasteiger partial charge in [-0.05, 0) is 18.2 Å². The molecule has 0 unspecified atom stereocenters. The van der Waals surface area contributed by atoms with E-state index in [1.165, 1.54) is 12.1 Å². The van der Waals surface area contributed by atoms with Crippen LogP contribution in [0.2, 0.25) is 0 Å². The number of alkyl halides is 3. The molecule has 2 heterocycles. The molecular formula is C14H8F3N3O4S. The van der Waals surface area contributed by atoms with Crippen molar-refractivity contribution in [2.75, 3.05) is 0 Å². The van der Waals surface area contributed by atoms with Gasteiger partial charge in [-0.1, -0.05) is 0 Å². The van der Waals surface area contributed by atoms with E-state index in [9.17, 15) is 28.2 Å². The highest BCUT2D eigenvalue weighted by Crippen LogP contribution is 2.37. The zero-order chi connectivity index (χ0) is 18.4. The zero-order valence-corrected chi connectivity index (χ0v) is 12.8. The highest BCUT2D eigenvalue weighted by atomic mass is 32.1. The number of carboxylic acid groups (broad SMARTS) is 1. The molecule has 0 saturated heterocycles. The standard InChI is InChI=1S/C14H8F3N3O4S/c15-14(16,17)11-4-8(7-2-1-6(21)3-10(7)22)19-20(11)13-18-9(5-25-13)12(23)24/h1-5,21-22H,(H,23,24). The van der Waals surface area contributed by atoms with Crippen molar-refractivity contribution in [1.82, 2.24) is 14.8 Å². The second kappa shape index (κ2) is 5.77. The van der Waals surface area contributed by atoms with E-state index in [4.69, 9.17) is 5.11 Å². The first-order valence-corrected chi connectivity index (χ1v) is 7.43. The highest BCUT2D eigenvalue weighted by Gasteiger charge is 2.37. The molecule has 0 radical (unpaired) electrons. The summed E-state index contributed by atoms with van der Waals surface area (Å²) < 4.78 is 40.3. The first-order valence-electron chi connectivity index (χ1n) is 6.55. The van der Waals surface area contributed by atoms with Crippen LogP contribution in [-0.4, -0.2) is 36.1 Å². The minimum Gasteiger partial charge on any atom is -0.508 e. The van der Waals surface area contributed by atoms with Crippen LogP contribution in [0.3, 0.4) is 0 Å². The van der Waals surface area contributed by atoms with E-state index >= 15 is 0 Å². The Morgan fingerprint density at radius 2 is 1.92 bits per heavy atom. The number of aromatic carboxylic acids is 1. The molecule has 0 saturated carbocycles. The molecular weight excluding hydrogens is 363 g/mol. The molecule has 3 N–H and O–H groups in total. The van der Waals surface area contributed by atoms with Gasteiger partial charge in [0, 0.05) is 17.0 Å². The Kier molecular flexibility index (Phi) is 3.87. The van der Waals surface area contributed by atoms with Crippen molar-refractivity contribution in [3.8, 4) is 27.9 Å². The summed E-state index contributed by atoms with van der Waals surface area (Å²) in [7, 11) is 0. The molecule has 0 bridgehead atoms. The molecule has 3 rings (SSSR count). The van der Waals surface area contributed by atoms with Gasteiger partial charge in [-0.25, -0.2) is 14.5 Å². The fourth-order valence-electron chi connectivity index (χ4n) is 2.06. The van der Waals surface area contributed by atoms with Crippen LogP contribution in [0.4, 0.5) is 13.2 Å². The first kappa shape index (κ1) is 16.8. The number of phenols is 2. The van der Waals surface area contributed by atoms with Crippen LogP contribution in [0.15, 0.2) is 29.6 Å². The van der Waals surface area contributed by atoms with Crippen molar-refractivity contribution >= 4 is 17.3 Å². The Hall–Kier alpha value is -3.08. The number of thiazole rings is 1. The van der Waals surface area contributed by atoms with Gasteiger partial charge in [0.05, 0.1) is 5.69 Å². The lowest BCUT2D eigenvalue weighted by Crippen LogP contribution is -2.13. The number of carboxylic acids is 1. The van der Waals surface area contributed by atoms with E-state index in [0.29, 0.717) is 22.1 Å². The fraction of sp³-hybridized carbons (Fsp3) is 0.0714. The zero-order valence-electron chi connectivity index (χ0n) is 12.0. The monoisotopic (exact) mass is 371 g/mol. The van der Waals surface area contributed by atoms with Gasteiger partial charge in [-0.2, -0.15) is 18.3 Å². The summed E-state index contributed by atoms with van der Waals surface area (Å²) in [6.07, 6.45) is -4.78. The van der Waals surface area contributed by atoms with Crippen molar-refractivity contribution < 1.29 is 33.3 Å². The maximum atomic E-state index is 13.3. The average molecular weight is 371 g/mol. The second-order valence-electron chi connectivity index (χ2n) is 4.85. The minimum absolute atomic E-state index is 0.0305. The van der Waals surface area contributed by atoms with Crippen molar-refractivity contribution in [2.45, 2.75) is 6.18 Å². The van der Waals surface area contributed by atoms with E-state index in [1.54, 1.807) is 0 Å². The number of halogens is 3. The lowest BCUT2D eigenvalue weighted by atomic mass is 10.1. The summed E-state index contributed by atoms with van der Waals surface area (Å²) in [4.78, 5) is 14.5. The van der Waals surface area contributed by atoms with Crippen LogP contribution in [0.25, 0.3) is 16.4 Å². The number of rotatable bonds is 3. The predicted molar refractivity (Wildman–Crippen MR) is 80.0 cm³/mol. The summed E-state index contributed by atoms with van der Waals surface area (Å²) in [5, 5.41) is 32.5. The van der Waals surface area contributed by atoms with E-state index < -0.39 is 29.3 Å². The van der Waals surface area contributed by atoms with Gasteiger partial charge in [0.1, 0.15) is 11.5 Å². The lowest BCUT2D eigenvalue weighted by Gasteiger charge is -2.06. The van der Waals surface area contributed by atoms with Gasteiger partial charge in [0.2, 0.25) is 5.13 Å². The van der Waals surface area contributed by atoms with Gasteiger partial charge in [0.25, 0.3) is 0 Å². The van der Waals surface area contributed by atoms with Gasteiger partial charge in [-0.15, -0.1) is 11.3 Å². The summed E-state index contributed by atoms with van der Waals surface area (Å²) in [5.74, 6) is -2.09. The number of aromatic hydroxyl groups is 2. The molecule has 0 amide bonds. The van der Waals surface area contributed by atoms with Crippen LogP contribution in [0.5, 0.6) is 11.5 Å². The molecule has 3 aromatic rings. The van der Waals surface area contributed by atoms with Gasteiger partial charge >= 0.3 is 12.1 Å². The Bertz CT molecular complexity index is 965. The molecule has 11 heteroatoms. The Balaban J connectivity index is 2.17. The van der Waals surface area contributed by atoms with Gasteiger partial charge < -0.3 is 15.3 Å². The largest absolute Gasteiger partial charge is 0.508 e. The smallest absolute Gasteiger partial charge is 0.433 e. The molecule has 1 aromatic carbocycles. The average Bonchev–Trinajstić information content (AvgIpc) is 3.13. The number of carbonyl (C=O) groups is 1. The molecule has 7 nitrogen and oxygen atoms in total. The molecule has 130 valence electrons. The number of nitrogens with zero attached hydrogens (tertiary/aromatic N) is 3. The fourth-order valence-corrected chi connectivity index (χ4v) is 2.82. The Morgan fingerprint density at radius 3 is 2.48 bits per heavy atom. The van der Waals surface area contributed by atoms with Crippen LogP contribution in [-0.2, 0) is 6.18 Å². The molecule has 0 aliphatic carbocycles. The van der Waals surface area contributed by atoms with E-state index in [-0.39, 0.29) is 22.1 Å². The number of hydrogen-bond acceptors (Lipinski definition) is 6. The van der Waals surface area contributed by atoms with Crippen molar-refractivity contribution in [1.29, 1.82) is 0 Å². The van der Waals surface area contributed by atoms with E-state index in [0.717, 1.165) is 11.4 Å². The lowest BCUT2D eigenvalue weighted by molar-refractivity contribution is -0.142. The molecule has 0 aliphatic heterocycles. The summed E-state index contributed by atoms with van der Waals surface area (Å²) >= 11 is 0.682. The highest BCUT2D eigenvalue weighted by molar-refractivity contribution is 7.12. The van der Waals surface area contributed by atoms with Crippen molar-refractivity contribution in [2.24, 2.45) is 0 Å². The topological polar surface area (TPSA) is 108 Å². The first-order chi connectivity index (χ1) is 11.7. The molecule has 0 fully saturated rings. The number of hydrogen-bond donors (Lipinski definition) is 3. The van der Waals surface area contributed by atoms with Crippen LogP contribution >= 0.6 is 11.3 Å². The van der Waals surface area contributed by atoms with Crippen molar-refractivity contribution in [3.05, 3.63) is 41.0 Å². The SMILES string of the molecule is O=C(O)c1csc(-n2nc(-c3ccc(O)cc3O)cc2C(F)(F)F)n1. The molecule has 2 aromatic heterocycles. The normalized spacial score (nSPS) is 11.6. The molecule has 25 heavy (non-hydrogen) atoms. The summed E-state index contributed by atoms with van der Waals surface area (Å²) in [5.41, 5.74) is -1.83. The maximum absolute atomic E-state index is 13.3.